The molecule has 0 amide bonds. The standard InChI is InChI=1S/C12H11NS2.2C10H11N.C9H10N2.C9H9N.C7H7NS.4C7H11N.C6H9N.C2H6.CH4/c1-7-5-8(2)13-12(7)11-6-10-9(15-11)3-4-14-10;2*1-7-3-4-9-6-8(2)11-10(9)5-7;1-7-3-4-9-10-8(2)6-11(9)5-7;1-7-6-8-4-2-3-5-9(8)10-7;1-5-4-6-2-3-8-7(6)9-5;4*1-5-4-6(2)8-7(5)3;1-5-3-6(2)7-4-5;1-2;/h3-4,6H,5H2,1-2H3;2*3-5H,6H2,1-2H3;3-6H,1-2H3;2-5H,6H2,1H3;3-4H,2H2,1H3;4*4H2,1-3H3;4H,3H2,1-2H3;1-2H3;1H4. The third-order valence-corrected chi connectivity index (χ3v) is 21.6. The normalized spacial score (nSPS) is 15.9. The Morgan fingerprint density at radius 3 is 1.21 bits per heavy atom. The highest BCUT2D eigenvalue weighted by molar-refractivity contribution is 7.27. The van der Waals surface area contributed by atoms with Gasteiger partial charge in [0, 0.05) is 177 Å². The van der Waals surface area contributed by atoms with Crippen molar-refractivity contribution in [3.05, 3.63) is 226 Å². The molecule has 0 saturated carbocycles. The summed E-state index contributed by atoms with van der Waals surface area (Å²) in [5.74, 6) is 0. The molecule has 0 bridgehead atoms. The van der Waals surface area contributed by atoms with E-state index in [2.05, 4.69) is 298 Å². The van der Waals surface area contributed by atoms with Gasteiger partial charge in [0.1, 0.15) is 10.6 Å². The van der Waals surface area contributed by atoms with Gasteiger partial charge in [-0.2, -0.15) is 0 Å². The first-order chi connectivity index (χ1) is 51.3. The Morgan fingerprint density at radius 1 is 0.367 bits per heavy atom. The second-order valence-corrected chi connectivity index (χ2v) is 32.8. The monoisotopic (exact) mass is 1510 g/mol. The van der Waals surface area contributed by atoms with Gasteiger partial charge in [0.05, 0.1) is 33.3 Å². The number of pyridine rings is 1. The van der Waals surface area contributed by atoms with Gasteiger partial charge in [0.25, 0.3) is 0 Å². The number of aryl methyl sites for hydroxylation is 5. The van der Waals surface area contributed by atoms with E-state index in [0.29, 0.717) is 0 Å². The molecule has 0 N–H and O–H groups in total. The zero-order valence-corrected chi connectivity index (χ0v) is 72.2. The summed E-state index contributed by atoms with van der Waals surface area (Å²) < 4.78 is 4.81. The highest BCUT2D eigenvalue weighted by atomic mass is 32.1. The number of hydrogen-bond acceptors (Lipinski definition) is 14. The quantitative estimate of drug-likeness (QED) is 0.159. The molecule has 10 aliphatic heterocycles. The van der Waals surface area contributed by atoms with E-state index in [1.54, 1.807) is 11.3 Å². The van der Waals surface area contributed by atoms with Crippen LogP contribution in [0.1, 0.15) is 246 Å². The second-order valence-electron chi connectivity index (χ2n) is 29.5. The molecule has 109 heavy (non-hydrogen) atoms. The van der Waals surface area contributed by atoms with Gasteiger partial charge >= 0.3 is 0 Å². The molecular formula is C94H122N12S3. The largest absolute Gasteiger partial charge is 0.307 e. The van der Waals surface area contributed by atoms with Crippen LogP contribution in [0.25, 0.3) is 20.7 Å². The second kappa shape index (κ2) is 42.7. The Bertz CT molecular complexity index is 4810. The highest BCUT2D eigenvalue weighted by Crippen LogP contribution is 2.39. The lowest BCUT2D eigenvalue weighted by Crippen LogP contribution is -1.87. The minimum Gasteiger partial charge on any atom is -0.307 e. The Morgan fingerprint density at radius 2 is 0.817 bits per heavy atom. The minimum atomic E-state index is 0. The van der Waals surface area contributed by atoms with Crippen LogP contribution >= 0.6 is 34.0 Å². The SMILES string of the molecule is C.CC.CC1=CN=C(C)C1.CC1=NC(C)=C(C)C1.CC1=NC(C)=C(C)C1.CC1=NC(C)=C(C)C1.CC1=NC(C)=C(C)C1.CC1=NC(c2cc3sccc3s2)=C(C)C1.CC1=Nc2cc(C)ccc2C1.CC1=Nc2cc(C)ccc2C1.CC1=Nc2ccccc2C1.Cc1cc2c(s1)N=CC2.Cc1ccc2nc(C)cn2c1. The van der Waals surface area contributed by atoms with E-state index < -0.39 is 0 Å². The van der Waals surface area contributed by atoms with Crippen LogP contribution in [0, 0.1) is 34.6 Å². The number of imidazole rings is 1. The van der Waals surface area contributed by atoms with Crippen molar-refractivity contribution in [2.75, 3.05) is 0 Å². The summed E-state index contributed by atoms with van der Waals surface area (Å²) in [4.78, 5) is 50.2. The van der Waals surface area contributed by atoms with Crippen LogP contribution < -0.4 is 0 Å². The average Bonchev–Trinajstić information content (AvgIpc) is 1.66. The molecule has 15 heteroatoms. The van der Waals surface area contributed by atoms with Crippen molar-refractivity contribution in [2.45, 2.75) is 252 Å². The molecule has 0 atom stereocenters. The summed E-state index contributed by atoms with van der Waals surface area (Å²) in [6.07, 6.45) is 18.6. The van der Waals surface area contributed by atoms with Crippen molar-refractivity contribution in [2.24, 2.45) is 49.9 Å². The molecule has 8 aromatic rings. The molecule has 576 valence electrons. The van der Waals surface area contributed by atoms with Gasteiger partial charge in [-0.15, -0.1) is 34.0 Å². The fourth-order valence-electron chi connectivity index (χ4n) is 12.8. The van der Waals surface area contributed by atoms with Crippen LogP contribution in [0.2, 0.25) is 0 Å². The van der Waals surface area contributed by atoms with Crippen LogP contribution in [-0.2, 0) is 25.7 Å². The minimum absolute atomic E-state index is 0. The van der Waals surface area contributed by atoms with Crippen molar-refractivity contribution in [3.8, 4) is 0 Å². The number of thiophene rings is 3. The average molecular weight is 1520 g/mol. The highest BCUT2D eigenvalue weighted by Gasteiger charge is 2.17. The lowest BCUT2D eigenvalue weighted by Gasteiger charge is -1.96. The molecule has 0 fully saturated rings. The summed E-state index contributed by atoms with van der Waals surface area (Å²) in [5, 5.41) is 3.36. The zero-order chi connectivity index (χ0) is 79.1. The predicted octanol–water partition coefficient (Wildman–Crippen LogP) is 28.4. The van der Waals surface area contributed by atoms with Gasteiger partial charge in [-0.1, -0.05) is 69.8 Å². The van der Waals surface area contributed by atoms with Crippen molar-refractivity contribution in [1.82, 2.24) is 9.38 Å². The molecule has 15 heterocycles. The van der Waals surface area contributed by atoms with Crippen molar-refractivity contribution >= 4 is 134 Å². The number of aliphatic imine (C=N–C) groups is 10. The Labute approximate surface area is 666 Å². The van der Waals surface area contributed by atoms with E-state index in [1.807, 2.05) is 85.5 Å². The number of benzene rings is 3. The first-order valence-electron chi connectivity index (χ1n) is 38.0. The first-order valence-corrected chi connectivity index (χ1v) is 40.5. The molecular weight excluding hydrogens is 1390 g/mol. The fraction of sp³-hybridized carbons (Fsp3) is 0.394. The van der Waals surface area contributed by atoms with Crippen LogP contribution in [0.3, 0.4) is 0 Å². The third-order valence-electron chi connectivity index (χ3n) is 18.5. The topological polar surface area (TPSA) is 141 Å². The molecule has 0 aliphatic carbocycles. The summed E-state index contributed by atoms with van der Waals surface area (Å²) >= 11 is 5.44. The smallest absolute Gasteiger partial charge is 0.136 e. The van der Waals surface area contributed by atoms with E-state index in [1.165, 1.54) is 188 Å². The van der Waals surface area contributed by atoms with Gasteiger partial charge in [0.2, 0.25) is 0 Å². The summed E-state index contributed by atoms with van der Waals surface area (Å²) in [6.45, 7) is 54.1. The van der Waals surface area contributed by atoms with E-state index in [-0.39, 0.29) is 7.43 Å². The van der Waals surface area contributed by atoms with E-state index in [9.17, 15) is 0 Å². The number of rotatable bonds is 1. The molecule has 3 aromatic carbocycles. The fourth-order valence-corrected chi connectivity index (χ4v) is 15.9. The summed E-state index contributed by atoms with van der Waals surface area (Å²) in [6, 6.07) is 32.0. The van der Waals surface area contributed by atoms with Gasteiger partial charge < -0.3 is 4.40 Å². The lowest BCUT2D eigenvalue weighted by atomic mass is 10.1. The number of nitrogens with zero attached hydrogens (tertiary/aromatic N) is 12. The Kier molecular flexibility index (Phi) is 34.8. The predicted molar refractivity (Wildman–Crippen MR) is 488 cm³/mol. The van der Waals surface area contributed by atoms with Crippen LogP contribution in [-0.4, -0.2) is 67.0 Å². The molecule has 0 spiro atoms. The number of para-hydroxylation sites is 1. The van der Waals surface area contributed by atoms with Crippen molar-refractivity contribution in [1.29, 1.82) is 0 Å². The summed E-state index contributed by atoms with van der Waals surface area (Å²) in [7, 11) is 0. The van der Waals surface area contributed by atoms with E-state index in [0.717, 1.165) is 81.2 Å². The van der Waals surface area contributed by atoms with Crippen molar-refractivity contribution < 1.29 is 0 Å². The summed E-state index contributed by atoms with van der Waals surface area (Å²) in [5.41, 5.74) is 40.6. The molecule has 10 aliphatic rings. The van der Waals surface area contributed by atoms with Gasteiger partial charge in [-0.3, -0.25) is 44.9 Å². The zero-order valence-electron chi connectivity index (χ0n) is 69.7. The lowest BCUT2D eigenvalue weighted by molar-refractivity contribution is 1.15. The van der Waals surface area contributed by atoms with E-state index >= 15 is 0 Å². The Hall–Kier alpha value is -9.15. The Balaban J connectivity index is 0.000000188. The molecule has 12 nitrogen and oxygen atoms in total. The van der Waals surface area contributed by atoms with Gasteiger partial charge in [-0.05, 0) is 286 Å². The molecule has 5 aromatic heterocycles. The number of aromatic nitrogens is 2. The maximum atomic E-state index is 4.63. The maximum absolute atomic E-state index is 4.63. The molecule has 18 rings (SSSR count). The number of allylic oxidation sites excluding steroid dienone is 10. The van der Waals surface area contributed by atoms with Gasteiger partial charge in [-0.25, -0.2) is 9.98 Å². The molecule has 0 unspecified atom stereocenters. The number of fused-ring (bicyclic) bond motifs is 6. The van der Waals surface area contributed by atoms with Crippen LogP contribution in [0.15, 0.2) is 221 Å². The van der Waals surface area contributed by atoms with E-state index in [4.69, 9.17) is 0 Å². The molecule has 0 saturated heterocycles. The van der Waals surface area contributed by atoms with Crippen LogP contribution in [0.4, 0.5) is 22.1 Å². The molecule has 0 radical (unpaired) electrons. The third kappa shape index (κ3) is 28.0. The van der Waals surface area contributed by atoms with Gasteiger partial charge in [0.15, 0.2) is 0 Å². The first kappa shape index (κ1) is 88.7. The number of hydrogen-bond donors (Lipinski definition) is 0. The van der Waals surface area contributed by atoms with Crippen LogP contribution in [0.5, 0.6) is 0 Å². The van der Waals surface area contributed by atoms with Crippen molar-refractivity contribution in [3.63, 3.8) is 0 Å². The maximum Gasteiger partial charge on any atom is 0.136 e.